The summed E-state index contributed by atoms with van der Waals surface area (Å²) < 4.78 is 0. The van der Waals surface area contributed by atoms with Crippen molar-refractivity contribution in [3.8, 4) is 0 Å². The zero-order chi connectivity index (χ0) is 14.1. The van der Waals surface area contributed by atoms with Crippen LogP contribution in [0.2, 0.25) is 0 Å². The van der Waals surface area contributed by atoms with Crippen LogP contribution in [-0.2, 0) is 9.59 Å². The van der Waals surface area contributed by atoms with Gasteiger partial charge in [-0.2, -0.15) is 0 Å². The molecule has 19 heavy (non-hydrogen) atoms. The largest absolute Gasteiger partial charge is 0.340 e. The van der Waals surface area contributed by atoms with E-state index in [1.807, 2.05) is 25.7 Å². The molecule has 3 fully saturated rings. The number of amides is 2. The summed E-state index contributed by atoms with van der Waals surface area (Å²) in [6.45, 7) is 6.66. The molecule has 0 radical (unpaired) electrons. The van der Waals surface area contributed by atoms with Crippen molar-refractivity contribution in [2.45, 2.75) is 76.8 Å². The van der Waals surface area contributed by atoms with Gasteiger partial charge in [0.15, 0.2) is 0 Å². The highest BCUT2D eigenvalue weighted by molar-refractivity contribution is 6.02. The summed E-state index contributed by atoms with van der Waals surface area (Å²) in [5.74, 6) is 0.244. The van der Waals surface area contributed by atoms with Crippen molar-refractivity contribution < 1.29 is 9.59 Å². The number of nitrogens with one attached hydrogen (secondary N) is 1. The molecule has 0 aromatic heterocycles. The number of piperazine rings is 1. The first-order valence-corrected chi connectivity index (χ1v) is 7.73. The predicted molar refractivity (Wildman–Crippen MR) is 74.7 cm³/mol. The highest BCUT2D eigenvalue weighted by atomic mass is 16.2. The van der Waals surface area contributed by atoms with E-state index in [0.717, 1.165) is 45.1 Å². The normalized spacial score (nSPS) is 32.5. The Kier molecular flexibility index (Phi) is 3.88. The van der Waals surface area contributed by atoms with Crippen LogP contribution in [0.3, 0.4) is 0 Å². The SMILES string of the molecule is CC.C[C@@]12CCCN1C(=O)C1(CCCCC1)NC2=O. The Bertz CT molecular complexity index is 374. The van der Waals surface area contributed by atoms with Crippen molar-refractivity contribution in [3.63, 3.8) is 0 Å². The molecule has 0 aromatic rings. The van der Waals surface area contributed by atoms with E-state index >= 15 is 0 Å². The quantitative estimate of drug-likeness (QED) is 0.731. The lowest BCUT2D eigenvalue weighted by molar-refractivity contribution is -0.160. The van der Waals surface area contributed by atoms with Crippen LogP contribution in [0.15, 0.2) is 0 Å². The summed E-state index contributed by atoms with van der Waals surface area (Å²) in [7, 11) is 0. The maximum absolute atomic E-state index is 12.6. The molecule has 4 heteroatoms. The van der Waals surface area contributed by atoms with Gasteiger partial charge in [0.1, 0.15) is 11.1 Å². The van der Waals surface area contributed by atoms with E-state index in [1.54, 1.807) is 0 Å². The summed E-state index contributed by atoms with van der Waals surface area (Å²) >= 11 is 0. The molecule has 4 nitrogen and oxygen atoms in total. The molecular formula is C15H26N2O2. The molecule has 3 rings (SSSR count). The first-order chi connectivity index (χ1) is 9.08. The second-order valence-electron chi connectivity index (χ2n) is 5.93. The van der Waals surface area contributed by atoms with Crippen LogP contribution in [-0.4, -0.2) is 34.3 Å². The first kappa shape index (κ1) is 14.4. The second kappa shape index (κ2) is 5.14. The Balaban J connectivity index is 0.000000637. The summed E-state index contributed by atoms with van der Waals surface area (Å²) in [5.41, 5.74) is -1.13. The number of fused-ring (bicyclic) bond motifs is 1. The molecule has 1 atom stereocenters. The van der Waals surface area contributed by atoms with Crippen molar-refractivity contribution in [2.24, 2.45) is 0 Å². The number of carbonyl (C=O) groups excluding carboxylic acids is 2. The van der Waals surface area contributed by atoms with Gasteiger partial charge in [-0.05, 0) is 32.6 Å². The maximum atomic E-state index is 12.6. The van der Waals surface area contributed by atoms with E-state index in [4.69, 9.17) is 0 Å². The van der Waals surface area contributed by atoms with Gasteiger partial charge in [-0.25, -0.2) is 0 Å². The Morgan fingerprint density at radius 1 is 1.00 bits per heavy atom. The molecule has 0 unspecified atom stereocenters. The third-order valence-corrected chi connectivity index (χ3v) is 4.84. The molecule has 1 N–H and O–H groups in total. The van der Waals surface area contributed by atoms with Crippen LogP contribution in [0.25, 0.3) is 0 Å². The van der Waals surface area contributed by atoms with E-state index in [9.17, 15) is 9.59 Å². The van der Waals surface area contributed by atoms with E-state index in [1.165, 1.54) is 6.42 Å². The molecule has 1 saturated carbocycles. The van der Waals surface area contributed by atoms with Crippen LogP contribution in [0, 0.1) is 0 Å². The molecule has 0 aromatic carbocycles. The van der Waals surface area contributed by atoms with Gasteiger partial charge in [0.2, 0.25) is 11.8 Å². The van der Waals surface area contributed by atoms with Gasteiger partial charge in [-0.3, -0.25) is 9.59 Å². The standard InChI is InChI=1S/C13H20N2O2.C2H6/c1-12-6-5-9-15(12)11(17)13(14-10(12)16)7-3-2-4-8-13;1-2/h2-9H2,1H3,(H,14,16);1-2H3/t12-;/m0./s1. The van der Waals surface area contributed by atoms with Gasteiger partial charge in [-0.15, -0.1) is 0 Å². The highest BCUT2D eigenvalue weighted by Gasteiger charge is 2.57. The lowest BCUT2D eigenvalue weighted by atomic mass is 9.77. The van der Waals surface area contributed by atoms with Crippen molar-refractivity contribution >= 4 is 11.8 Å². The highest BCUT2D eigenvalue weighted by Crippen LogP contribution is 2.40. The fourth-order valence-electron chi connectivity index (χ4n) is 3.68. The third-order valence-electron chi connectivity index (χ3n) is 4.84. The molecule has 2 aliphatic heterocycles. The van der Waals surface area contributed by atoms with Crippen molar-refractivity contribution in [1.29, 1.82) is 0 Å². The van der Waals surface area contributed by atoms with Crippen LogP contribution in [0.5, 0.6) is 0 Å². The maximum Gasteiger partial charge on any atom is 0.249 e. The molecule has 108 valence electrons. The average molecular weight is 266 g/mol. The Hall–Kier alpha value is -1.06. The predicted octanol–water partition coefficient (Wildman–Crippen LogP) is 2.23. The van der Waals surface area contributed by atoms with E-state index in [0.29, 0.717) is 0 Å². The minimum Gasteiger partial charge on any atom is -0.340 e. The molecular weight excluding hydrogens is 240 g/mol. The van der Waals surface area contributed by atoms with E-state index < -0.39 is 11.1 Å². The third kappa shape index (κ3) is 2.05. The minimum absolute atomic E-state index is 0.0662. The minimum atomic E-state index is -0.570. The van der Waals surface area contributed by atoms with Gasteiger partial charge in [-0.1, -0.05) is 33.1 Å². The number of rotatable bonds is 0. The Labute approximate surface area is 115 Å². The topological polar surface area (TPSA) is 49.4 Å². The Morgan fingerprint density at radius 2 is 1.63 bits per heavy atom. The van der Waals surface area contributed by atoms with E-state index in [2.05, 4.69) is 5.32 Å². The average Bonchev–Trinajstić information content (AvgIpc) is 2.84. The molecule has 2 saturated heterocycles. The first-order valence-electron chi connectivity index (χ1n) is 7.73. The number of hydrogen-bond donors (Lipinski definition) is 1. The fourth-order valence-corrected chi connectivity index (χ4v) is 3.68. The van der Waals surface area contributed by atoms with Crippen LogP contribution >= 0.6 is 0 Å². The van der Waals surface area contributed by atoms with Crippen molar-refractivity contribution in [1.82, 2.24) is 10.2 Å². The van der Waals surface area contributed by atoms with Crippen LogP contribution in [0.4, 0.5) is 0 Å². The summed E-state index contributed by atoms with van der Waals surface area (Å²) in [6.07, 6.45) is 6.69. The summed E-state index contributed by atoms with van der Waals surface area (Å²) in [5, 5.41) is 3.06. The molecule has 0 bridgehead atoms. The molecule has 1 aliphatic carbocycles. The van der Waals surface area contributed by atoms with Gasteiger partial charge in [0.05, 0.1) is 0 Å². The molecule has 2 amide bonds. The van der Waals surface area contributed by atoms with Crippen molar-refractivity contribution in [3.05, 3.63) is 0 Å². The van der Waals surface area contributed by atoms with Gasteiger partial charge in [0, 0.05) is 6.54 Å². The molecule has 3 aliphatic rings. The van der Waals surface area contributed by atoms with Gasteiger partial charge < -0.3 is 10.2 Å². The van der Waals surface area contributed by atoms with Crippen LogP contribution in [0.1, 0.15) is 65.7 Å². The monoisotopic (exact) mass is 266 g/mol. The number of carbonyl (C=O) groups is 2. The zero-order valence-electron chi connectivity index (χ0n) is 12.4. The molecule has 2 heterocycles. The zero-order valence-corrected chi connectivity index (χ0v) is 12.4. The second-order valence-corrected chi connectivity index (χ2v) is 5.93. The summed E-state index contributed by atoms with van der Waals surface area (Å²) in [4.78, 5) is 26.8. The van der Waals surface area contributed by atoms with Gasteiger partial charge >= 0.3 is 0 Å². The van der Waals surface area contributed by atoms with Crippen LogP contribution < -0.4 is 5.32 Å². The lowest BCUT2D eigenvalue weighted by Crippen LogP contribution is -2.73. The number of hydrogen-bond acceptors (Lipinski definition) is 2. The van der Waals surface area contributed by atoms with Gasteiger partial charge in [0.25, 0.3) is 0 Å². The molecule has 1 spiro atoms. The Morgan fingerprint density at radius 3 is 2.26 bits per heavy atom. The lowest BCUT2D eigenvalue weighted by Gasteiger charge is -2.49. The smallest absolute Gasteiger partial charge is 0.249 e. The van der Waals surface area contributed by atoms with E-state index in [-0.39, 0.29) is 11.8 Å². The number of nitrogens with zero attached hydrogens (tertiary/aromatic N) is 1. The fraction of sp³-hybridized carbons (Fsp3) is 0.867. The summed E-state index contributed by atoms with van der Waals surface area (Å²) in [6, 6.07) is 0. The van der Waals surface area contributed by atoms with Crippen molar-refractivity contribution in [2.75, 3.05) is 6.54 Å².